The summed E-state index contributed by atoms with van der Waals surface area (Å²) in [6.45, 7) is 2.23. The normalized spacial score (nSPS) is 10.7. The molecule has 4 aromatic rings. The average Bonchev–Trinajstić information content (AvgIpc) is 2.71. The number of rotatable bonds is 3. The molecule has 27 heavy (non-hydrogen) atoms. The first-order valence-electron chi connectivity index (χ1n) is 9.46. The number of benzene rings is 4. The fourth-order valence-corrected chi connectivity index (χ4v) is 3.78. The smallest absolute Gasteiger partial charge is 0.0255 e. The quantitative estimate of drug-likeness (QED) is 0.241. The number of unbranched alkanes of at least 4 members (excludes halogenated alkanes) is 1. The highest BCUT2D eigenvalue weighted by atomic mass is 79.9. The van der Waals surface area contributed by atoms with Crippen LogP contribution in [0, 0.1) is 11.8 Å². The van der Waals surface area contributed by atoms with Crippen molar-refractivity contribution in [2.75, 3.05) is 0 Å². The van der Waals surface area contributed by atoms with Gasteiger partial charge in [-0.05, 0) is 76.3 Å². The number of halogens is 1. The first-order valence-corrected chi connectivity index (χ1v) is 10.3. The molecule has 0 N–H and O–H groups in total. The van der Waals surface area contributed by atoms with Crippen molar-refractivity contribution in [3.8, 4) is 11.8 Å². The van der Waals surface area contributed by atoms with E-state index in [1.165, 1.54) is 39.9 Å². The van der Waals surface area contributed by atoms with E-state index in [0.717, 1.165) is 22.0 Å². The van der Waals surface area contributed by atoms with Gasteiger partial charge in [0.1, 0.15) is 0 Å². The second-order valence-electron chi connectivity index (χ2n) is 6.92. The van der Waals surface area contributed by atoms with Gasteiger partial charge in [0.2, 0.25) is 0 Å². The third-order valence-corrected chi connectivity index (χ3v) is 5.42. The molecule has 0 unspecified atom stereocenters. The molecule has 0 saturated carbocycles. The minimum absolute atomic E-state index is 1.05. The molecule has 132 valence electrons. The van der Waals surface area contributed by atoms with Gasteiger partial charge < -0.3 is 0 Å². The maximum atomic E-state index is 3.55. The van der Waals surface area contributed by atoms with Gasteiger partial charge in [-0.25, -0.2) is 0 Å². The first-order chi connectivity index (χ1) is 13.2. The molecular weight excluding hydrogens is 392 g/mol. The Labute approximate surface area is 169 Å². The van der Waals surface area contributed by atoms with Crippen LogP contribution in [0.1, 0.15) is 36.5 Å². The van der Waals surface area contributed by atoms with Crippen LogP contribution in [0.2, 0.25) is 0 Å². The summed E-state index contributed by atoms with van der Waals surface area (Å²) in [4.78, 5) is 0. The molecule has 0 aliphatic carbocycles. The Kier molecular flexibility index (Phi) is 5.28. The highest BCUT2D eigenvalue weighted by Gasteiger charge is 2.02. The van der Waals surface area contributed by atoms with E-state index in [2.05, 4.69) is 107 Å². The topological polar surface area (TPSA) is 0 Å². The molecule has 0 nitrogen and oxygen atoms in total. The van der Waals surface area contributed by atoms with Gasteiger partial charge in [0.25, 0.3) is 0 Å². The number of fused-ring (bicyclic) bond motifs is 3. The molecular formula is C26H21Br. The van der Waals surface area contributed by atoms with Crippen LogP contribution in [0.15, 0.2) is 77.3 Å². The molecule has 0 saturated heterocycles. The highest BCUT2D eigenvalue weighted by molar-refractivity contribution is 9.10. The number of aryl methyl sites for hydroxylation is 1. The zero-order chi connectivity index (χ0) is 18.6. The second-order valence-corrected chi connectivity index (χ2v) is 7.83. The summed E-state index contributed by atoms with van der Waals surface area (Å²) >= 11 is 3.55. The molecule has 0 atom stereocenters. The maximum Gasteiger partial charge on any atom is 0.0255 e. The molecule has 4 aromatic carbocycles. The van der Waals surface area contributed by atoms with Crippen LogP contribution in [-0.4, -0.2) is 0 Å². The van der Waals surface area contributed by atoms with Gasteiger partial charge in [-0.2, -0.15) is 0 Å². The Bertz CT molecular complexity index is 1160. The van der Waals surface area contributed by atoms with Gasteiger partial charge in [0, 0.05) is 15.6 Å². The lowest BCUT2D eigenvalue weighted by Gasteiger charge is -2.05. The summed E-state index contributed by atoms with van der Waals surface area (Å²) in [6, 6.07) is 25.9. The molecule has 0 bridgehead atoms. The van der Waals surface area contributed by atoms with Crippen LogP contribution >= 0.6 is 15.9 Å². The van der Waals surface area contributed by atoms with Crippen molar-refractivity contribution in [1.29, 1.82) is 0 Å². The monoisotopic (exact) mass is 412 g/mol. The summed E-state index contributed by atoms with van der Waals surface area (Å²) in [6.07, 6.45) is 3.63. The van der Waals surface area contributed by atoms with E-state index < -0.39 is 0 Å². The van der Waals surface area contributed by atoms with Crippen molar-refractivity contribution >= 4 is 37.5 Å². The Morgan fingerprint density at radius 1 is 0.704 bits per heavy atom. The average molecular weight is 413 g/mol. The van der Waals surface area contributed by atoms with Crippen LogP contribution in [0.25, 0.3) is 21.5 Å². The molecule has 0 aliphatic rings. The van der Waals surface area contributed by atoms with Gasteiger partial charge in [0.05, 0.1) is 0 Å². The minimum atomic E-state index is 1.05. The van der Waals surface area contributed by atoms with E-state index in [4.69, 9.17) is 0 Å². The number of hydrogen-bond donors (Lipinski definition) is 0. The molecule has 0 radical (unpaired) electrons. The molecule has 0 fully saturated rings. The minimum Gasteiger partial charge on any atom is -0.0654 e. The van der Waals surface area contributed by atoms with E-state index in [1.807, 2.05) is 0 Å². The third-order valence-electron chi connectivity index (χ3n) is 4.92. The van der Waals surface area contributed by atoms with Gasteiger partial charge in [-0.3, -0.25) is 0 Å². The van der Waals surface area contributed by atoms with E-state index >= 15 is 0 Å². The van der Waals surface area contributed by atoms with Crippen molar-refractivity contribution in [3.05, 3.63) is 94.0 Å². The highest BCUT2D eigenvalue weighted by Crippen LogP contribution is 2.28. The standard InChI is InChI=1S/C26H21Br/c1-2-3-4-19-5-7-20(8-6-19)9-10-21-11-15-25-22(17-21)12-13-23-18-24(27)14-16-26(23)25/h5-8,11-18H,2-4H2,1H3. The summed E-state index contributed by atoms with van der Waals surface area (Å²) in [5, 5.41) is 5.02. The molecule has 0 heterocycles. The van der Waals surface area contributed by atoms with Crippen molar-refractivity contribution in [1.82, 2.24) is 0 Å². The van der Waals surface area contributed by atoms with E-state index in [1.54, 1.807) is 0 Å². The molecule has 0 amide bonds. The Hall–Kier alpha value is -2.56. The largest absolute Gasteiger partial charge is 0.0654 e. The van der Waals surface area contributed by atoms with Gasteiger partial charge in [0.15, 0.2) is 0 Å². The Morgan fingerprint density at radius 2 is 1.33 bits per heavy atom. The number of hydrogen-bond acceptors (Lipinski definition) is 0. The summed E-state index contributed by atoms with van der Waals surface area (Å²) < 4.78 is 1.11. The van der Waals surface area contributed by atoms with Crippen LogP contribution in [0.3, 0.4) is 0 Å². The lowest BCUT2D eigenvalue weighted by atomic mass is 10.00. The van der Waals surface area contributed by atoms with Crippen LogP contribution < -0.4 is 0 Å². The lowest BCUT2D eigenvalue weighted by Crippen LogP contribution is -1.85. The summed E-state index contributed by atoms with van der Waals surface area (Å²) in [5.41, 5.74) is 3.51. The second kappa shape index (κ2) is 7.99. The predicted molar refractivity (Wildman–Crippen MR) is 120 cm³/mol. The zero-order valence-corrected chi connectivity index (χ0v) is 17.0. The van der Waals surface area contributed by atoms with Crippen LogP contribution in [-0.2, 0) is 6.42 Å². The first kappa shape index (κ1) is 17.8. The fraction of sp³-hybridized carbons (Fsp3) is 0.154. The Morgan fingerprint density at radius 3 is 2.07 bits per heavy atom. The lowest BCUT2D eigenvalue weighted by molar-refractivity contribution is 0.795. The van der Waals surface area contributed by atoms with Gasteiger partial charge >= 0.3 is 0 Å². The fourth-order valence-electron chi connectivity index (χ4n) is 3.40. The van der Waals surface area contributed by atoms with Crippen molar-refractivity contribution < 1.29 is 0 Å². The molecule has 0 aliphatic heterocycles. The van der Waals surface area contributed by atoms with Gasteiger partial charge in [-0.15, -0.1) is 0 Å². The Balaban J connectivity index is 1.62. The molecule has 1 heteroatoms. The SMILES string of the molecule is CCCCc1ccc(C#Cc2ccc3c(ccc4cc(Br)ccc43)c2)cc1. The van der Waals surface area contributed by atoms with Crippen LogP contribution in [0.4, 0.5) is 0 Å². The van der Waals surface area contributed by atoms with E-state index in [0.29, 0.717) is 0 Å². The van der Waals surface area contributed by atoms with Crippen molar-refractivity contribution in [2.45, 2.75) is 26.2 Å². The molecule has 0 spiro atoms. The predicted octanol–water partition coefficient (Wildman–Crippen LogP) is 7.50. The summed E-state index contributed by atoms with van der Waals surface area (Å²) in [5.74, 6) is 6.61. The zero-order valence-electron chi connectivity index (χ0n) is 15.4. The summed E-state index contributed by atoms with van der Waals surface area (Å²) in [7, 11) is 0. The van der Waals surface area contributed by atoms with Crippen molar-refractivity contribution in [2.24, 2.45) is 0 Å². The van der Waals surface area contributed by atoms with E-state index in [-0.39, 0.29) is 0 Å². The third kappa shape index (κ3) is 4.07. The van der Waals surface area contributed by atoms with Crippen LogP contribution in [0.5, 0.6) is 0 Å². The van der Waals surface area contributed by atoms with Crippen molar-refractivity contribution in [3.63, 3.8) is 0 Å². The maximum absolute atomic E-state index is 3.55. The van der Waals surface area contributed by atoms with E-state index in [9.17, 15) is 0 Å². The van der Waals surface area contributed by atoms with Gasteiger partial charge in [-0.1, -0.05) is 77.5 Å². The molecule has 0 aromatic heterocycles. The molecule has 4 rings (SSSR count).